The van der Waals surface area contributed by atoms with Crippen molar-refractivity contribution >= 4 is 27.0 Å². The second-order valence-corrected chi connectivity index (χ2v) is 9.44. The van der Waals surface area contributed by atoms with E-state index in [1.807, 2.05) is 13.8 Å². The van der Waals surface area contributed by atoms with Crippen LogP contribution in [0.1, 0.15) is 38.7 Å². The Morgan fingerprint density at radius 2 is 1.94 bits per heavy atom. The Balaban J connectivity index is 2.21. The van der Waals surface area contributed by atoms with Gasteiger partial charge in [-0.1, -0.05) is 31.1 Å². The van der Waals surface area contributed by atoms with Gasteiger partial charge in [0, 0.05) is 18.8 Å². The molecule has 11 nitrogen and oxygen atoms in total. The lowest BCUT2D eigenvalue weighted by molar-refractivity contribution is 0.150. The maximum atomic E-state index is 13.3. The van der Waals surface area contributed by atoms with Gasteiger partial charge in [0.05, 0.1) is 29.5 Å². The monoisotopic (exact) mass is 477 g/mol. The van der Waals surface area contributed by atoms with E-state index in [2.05, 4.69) is 10.1 Å². The van der Waals surface area contributed by atoms with Gasteiger partial charge in [-0.25, -0.2) is 18.0 Å². The standard InChI is InChI=1S/C21H27N5O6S/c1-5-7-8-11-32-21(29)26(33(4,30)31)25-19(27)16-13-15(18-9-10-22-24(18)3)14(6-2)12-17(16)23-20(25)28/h9-10,12-13H,5-8,11H2,1-4H3,(H,23,28). The van der Waals surface area contributed by atoms with Gasteiger partial charge in [0.15, 0.2) is 0 Å². The molecular weight excluding hydrogens is 450 g/mol. The molecule has 1 amide bonds. The summed E-state index contributed by atoms with van der Waals surface area (Å²) >= 11 is 0. The molecule has 0 saturated heterocycles. The highest BCUT2D eigenvalue weighted by molar-refractivity contribution is 7.92. The van der Waals surface area contributed by atoms with Gasteiger partial charge in [-0.3, -0.25) is 9.48 Å². The molecule has 0 bridgehead atoms. The number of rotatable bonds is 8. The van der Waals surface area contributed by atoms with Crippen LogP contribution in [0.4, 0.5) is 4.79 Å². The van der Waals surface area contributed by atoms with Gasteiger partial charge < -0.3 is 9.72 Å². The van der Waals surface area contributed by atoms with Crippen LogP contribution in [0.5, 0.6) is 0 Å². The molecule has 33 heavy (non-hydrogen) atoms. The number of aromatic amines is 1. The molecule has 0 aliphatic rings. The molecule has 3 aromatic rings. The third kappa shape index (κ3) is 4.85. The number of sulfonamides is 1. The van der Waals surface area contributed by atoms with E-state index in [1.165, 1.54) is 0 Å². The summed E-state index contributed by atoms with van der Waals surface area (Å²) in [4.78, 5) is 41.2. The minimum atomic E-state index is -4.36. The molecule has 0 aliphatic heterocycles. The first-order chi connectivity index (χ1) is 15.6. The number of aryl methyl sites for hydroxylation is 2. The van der Waals surface area contributed by atoms with Gasteiger partial charge in [0.25, 0.3) is 15.6 Å². The summed E-state index contributed by atoms with van der Waals surface area (Å²) in [5, 5.41) is 4.19. The quantitative estimate of drug-likeness (QED) is 0.489. The minimum Gasteiger partial charge on any atom is -0.447 e. The molecule has 0 saturated carbocycles. The summed E-state index contributed by atoms with van der Waals surface area (Å²) < 4.78 is 31.8. The summed E-state index contributed by atoms with van der Waals surface area (Å²) in [5.74, 6) is 0. The molecule has 2 heterocycles. The van der Waals surface area contributed by atoms with Crippen molar-refractivity contribution in [1.82, 2.24) is 19.4 Å². The average Bonchev–Trinajstić information content (AvgIpc) is 3.18. The first-order valence-electron chi connectivity index (χ1n) is 10.6. The van der Waals surface area contributed by atoms with E-state index in [-0.39, 0.29) is 26.6 Å². The number of ether oxygens (including phenoxy) is 1. The Bertz CT molecular complexity index is 1400. The predicted octanol–water partition coefficient (Wildman–Crippen LogP) is 1.88. The van der Waals surface area contributed by atoms with E-state index in [1.54, 1.807) is 36.1 Å². The molecule has 178 valence electrons. The number of hydrogen-bond acceptors (Lipinski definition) is 7. The largest absolute Gasteiger partial charge is 0.447 e. The van der Waals surface area contributed by atoms with Crippen molar-refractivity contribution in [2.45, 2.75) is 39.5 Å². The first-order valence-corrected chi connectivity index (χ1v) is 12.4. The molecule has 2 aromatic heterocycles. The number of nitrogens with one attached hydrogen (secondary N) is 1. The predicted molar refractivity (Wildman–Crippen MR) is 124 cm³/mol. The van der Waals surface area contributed by atoms with Crippen molar-refractivity contribution in [3.8, 4) is 11.3 Å². The van der Waals surface area contributed by atoms with Gasteiger partial charge in [-0.05, 0) is 36.6 Å². The van der Waals surface area contributed by atoms with Gasteiger partial charge in [-0.2, -0.15) is 5.10 Å². The van der Waals surface area contributed by atoms with Crippen LogP contribution in [0.25, 0.3) is 22.2 Å². The third-order valence-electron chi connectivity index (χ3n) is 5.20. The smallest absolute Gasteiger partial charge is 0.444 e. The minimum absolute atomic E-state index is 0.0374. The number of nitrogens with zero attached hydrogens (tertiary/aromatic N) is 4. The number of aromatic nitrogens is 4. The van der Waals surface area contributed by atoms with Crippen molar-refractivity contribution in [2.24, 2.45) is 7.05 Å². The molecule has 1 aromatic carbocycles. The van der Waals surface area contributed by atoms with Crippen molar-refractivity contribution in [1.29, 1.82) is 0 Å². The summed E-state index contributed by atoms with van der Waals surface area (Å²) in [6.45, 7) is 3.85. The van der Waals surface area contributed by atoms with E-state index in [0.29, 0.717) is 18.4 Å². The topological polar surface area (TPSA) is 136 Å². The number of carbonyl (C=O) groups excluding carboxylic acids is 1. The van der Waals surface area contributed by atoms with Crippen LogP contribution in [0.2, 0.25) is 0 Å². The number of unbranched alkanes of at least 4 members (excludes halogenated alkanes) is 2. The summed E-state index contributed by atoms with van der Waals surface area (Å²) in [5.41, 5.74) is 0.493. The molecular formula is C21H27N5O6S. The van der Waals surface area contributed by atoms with Gasteiger partial charge in [0.2, 0.25) is 0 Å². The van der Waals surface area contributed by atoms with Crippen molar-refractivity contribution in [3.63, 3.8) is 0 Å². The molecule has 0 spiro atoms. The molecule has 0 aliphatic carbocycles. The highest BCUT2D eigenvalue weighted by Gasteiger charge is 2.31. The lowest BCUT2D eigenvalue weighted by atomic mass is 10.00. The summed E-state index contributed by atoms with van der Waals surface area (Å²) in [6, 6.07) is 5.01. The fraction of sp³-hybridized carbons (Fsp3) is 0.429. The Labute approximate surface area is 190 Å². The van der Waals surface area contributed by atoms with Crippen LogP contribution < -0.4 is 15.7 Å². The maximum absolute atomic E-state index is 13.3. The number of amides is 1. The van der Waals surface area contributed by atoms with Crippen molar-refractivity contribution < 1.29 is 17.9 Å². The van der Waals surface area contributed by atoms with Crippen LogP contribution in [-0.4, -0.2) is 46.8 Å². The lowest BCUT2D eigenvalue weighted by Gasteiger charge is -2.21. The van der Waals surface area contributed by atoms with E-state index >= 15 is 0 Å². The Hall–Kier alpha value is -3.41. The number of fused-ring (bicyclic) bond motifs is 1. The lowest BCUT2D eigenvalue weighted by Crippen LogP contribution is -2.56. The fourth-order valence-electron chi connectivity index (χ4n) is 3.57. The zero-order chi connectivity index (χ0) is 24.3. The molecule has 0 radical (unpaired) electrons. The van der Waals surface area contributed by atoms with Gasteiger partial charge in [-0.15, -0.1) is 4.68 Å². The zero-order valence-electron chi connectivity index (χ0n) is 19.0. The van der Waals surface area contributed by atoms with Crippen molar-refractivity contribution in [3.05, 3.63) is 50.8 Å². The van der Waals surface area contributed by atoms with Crippen LogP contribution in [0.3, 0.4) is 0 Å². The molecule has 3 rings (SSSR count). The zero-order valence-corrected chi connectivity index (χ0v) is 19.8. The number of hydrogen-bond donors (Lipinski definition) is 1. The number of carbonyl (C=O) groups is 1. The molecule has 12 heteroatoms. The average molecular weight is 478 g/mol. The third-order valence-corrected chi connectivity index (χ3v) is 6.14. The molecule has 1 N–H and O–H groups in total. The highest BCUT2D eigenvalue weighted by atomic mass is 32.2. The Kier molecular flexibility index (Phi) is 7.06. The van der Waals surface area contributed by atoms with Crippen LogP contribution in [0, 0.1) is 0 Å². The summed E-state index contributed by atoms with van der Waals surface area (Å²) in [7, 11) is -2.60. The highest BCUT2D eigenvalue weighted by Crippen LogP contribution is 2.26. The molecule has 0 unspecified atom stereocenters. The fourth-order valence-corrected chi connectivity index (χ4v) is 4.33. The van der Waals surface area contributed by atoms with E-state index in [4.69, 9.17) is 4.74 Å². The van der Waals surface area contributed by atoms with Gasteiger partial charge >= 0.3 is 11.8 Å². The van der Waals surface area contributed by atoms with Gasteiger partial charge in [0.1, 0.15) is 0 Å². The second-order valence-electron chi connectivity index (χ2n) is 7.62. The number of H-pyrrole nitrogens is 1. The van der Waals surface area contributed by atoms with Crippen molar-refractivity contribution in [2.75, 3.05) is 17.3 Å². The molecule has 0 fully saturated rings. The van der Waals surface area contributed by atoms with E-state index in [9.17, 15) is 22.8 Å². The second kappa shape index (κ2) is 9.61. The molecule has 0 atom stereocenters. The van der Waals surface area contributed by atoms with E-state index in [0.717, 1.165) is 30.4 Å². The normalized spacial score (nSPS) is 11.6. The van der Waals surface area contributed by atoms with Crippen LogP contribution >= 0.6 is 0 Å². The van der Waals surface area contributed by atoms with E-state index < -0.39 is 27.4 Å². The summed E-state index contributed by atoms with van der Waals surface area (Å²) in [6.07, 6.45) is 3.80. The Morgan fingerprint density at radius 3 is 2.52 bits per heavy atom. The maximum Gasteiger partial charge on any atom is 0.444 e. The van der Waals surface area contributed by atoms with Crippen LogP contribution in [-0.2, 0) is 28.2 Å². The van der Waals surface area contributed by atoms with Crippen LogP contribution in [0.15, 0.2) is 34.0 Å². The SMILES string of the molecule is CCCCCOC(=O)N(n1c(=O)[nH]c2cc(CC)c(-c3ccnn3C)cc2c1=O)S(C)(=O)=O. The number of benzene rings is 1. The Morgan fingerprint density at radius 1 is 1.21 bits per heavy atom. The first kappa shape index (κ1) is 24.2.